The van der Waals surface area contributed by atoms with Gasteiger partial charge in [0.25, 0.3) is 0 Å². The summed E-state index contributed by atoms with van der Waals surface area (Å²) in [6, 6.07) is 7.85. The van der Waals surface area contributed by atoms with E-state index in [2.05, 4.69) is 24.9 Å². The summed E-state index contributed by atoms with van der Waals surface area (Å²) in [5, 5.41) is 0.340. The minimum atomic E-state index is 0.00858. The van der Waals surface area contributed by atoms with Gasteiger partial charge >= 0.3 is 0 Å². The third kappa shape index (κ3) is 3.13. The fraction of sp³-hybridized carbons (Fsp3) is 0.118. The van der Waals surface area contributed by atoms with Crippen molar-refractivity contribution in [3.8, 4) is 22.9 Å². The highest BCUT2D eigenvalue weighted by atomic mass is 35.5. The van der Waals surface area contributed by atoms with Crippen molar-refractivity contribution in [2.24, 2.45) is 0 Å². The van der Waals surface area contributed by atoms with E-state index in [0.717, 1.165) is 11.1 Å². The van der Waals surface area contributed by atoms with Gasteiger partial charge < -0.3 is 16.0 Å². The molecule has 2 aliphatic heterocycles. The van der Waals surface area contributed by atoms with Crippen molar-refractivity contribution in [1.82, 2.24) is 29.5 Å². The van der Waals surface area contributed by atoms with Crippen molar-refractivity contribution < 1.29 is 0 Å². The molecule has 0 spiro atoms. The normalized spacial score (nSPS) is 11.2. The lowest BCUT2D eigenvalue weighted by Crippen LogP contribution is -2.11. The van der Waals surface area contributed by atoms with Gasteiger partial charge in [-0.3, -0.25) is 0 Å². The molecule has 0 amide bonds. The van der Waals surface area contributed by atoms with Crippen LogP contribution in [0.2, 0.25) is 10.3 Å². The van der Waals surface area contributed by atoms with Gasteiger partial charge in [-0.1, -0.05) is 47.5 Å². The van der Waals surface area contributed by atoms with Crippen LogP contribution in [0.15, 0.2) is 30.6 Å². The summed E-state index contributed by atoms with van der Waals surface area (Å²) in [6.45, 7) is 2.24. The van der Waals surface area contributed by atoms with Gasteiger partial charge in [0.2, 0.25) is 5.95 Å². The number of rotatable bonds is 3. The minimum Gasteiger partial charge on any atom is -0.382 e. The molecule has 1 aromatic carbocycles. The maximum absolute atomic E-state index is 6.18. The zero-order chi connectivity index (χ0) is 19.1. The monoisotopic (exact) mass is 400 g/mol. The molecule has 2 aliphatic rings. The predicted molar refractivity (Wildman–Crippen MR) is 105 cm³/mol. The zero-order valence-electron chi connectivity index (χ0n) is 14.2. The second-order valence-corrected chi connectivity index (χ2v) is 6.65. The van der Waals surface area contributed by atoms with Crippen molar-refractivity contribution in [3.05, 3.63) is 52.0 Å². The number of aromatic nitrogens is 6. The van der Waals surface area contributed by atoms with Crippen molar-refractivity contribution in [3.63, 3.8) is 0 Å². The van der Waals surface area contributed by atoms with E-state index in [1.165, 1.54) is 0 Å². The van der Waals surface area contributed by atoms with Crippen LogP contribution < -0.4 is 11.5 Å². The maximum Gasteiger partial charge on any atom is 0.222 e. The average Bonchev–Trinajstić information content (AvgIpc) is 3.06. The van der Waals surface area contributed by atoms with E-state index >= 15 is 0 Å². The average molecular weight is 401 g/mol. The molecule has 0 radical (unpaired) electrons. The molecule has 4 N–H and O–H groups in total. The number of halogens is 2. The third-order valence-electron chi connectivity index (χ3n) is 4.13. The molecule has 10 heteroatoms. The Morgan fingerprint density at radius 3 is 2.41 bits per heavy atom. The van der Waals surface area contributed by atoms with Gasteiger partial charge in [0.05, 0.1) is 12.9 Å². The summed E-state index contributed by atoms with van der Waals surface area (Å²) in [5.74, 6) is 1.43. The number of anilines is 2. The molecule has 0 fully saturated rings. The number of nitrogens with two attached hydrogens (primary N) is 2. The van der Waals surface area contributed by atoms with Gasteiger partial charge in [0, 0.05) is 11.1 Å². The predicted octanol–water partition coefficient (Wildman–Crippen LogP) is 3.06. The second kappa shape index (κ2) is 6.64. The number of fused-ring (bicyclic) bond motifs is 1. The molecule has 8 nitrogen and oxygen atoms in total. The zero-order valence-corrected chi connectivity index (χ0v) is 15.7. The Morgan fingerprint density at radius 2 is 1.70 bits per heavy atom. The van der Waals surface area contributed by atoms with Crippen LogP contribution in [-0.2, 0) is 6.54 Å². The number of hydrogen-bond donors (Lipinski definition) is 2. The van der Waals surface area contributed by atoms with Crippen LogP contribution in [0.5, 0.6) is 0 Å². The van der Waals surface area contributed by atoms with Crippen LogP contribution in [0, 0.1) is 6.92 Å². The first-order chi connectivity index (χ1) is 12.9. The fourth-order valence-corrected chi connectivity index (χ4v) is 3.28. The first kappa shape index (κ1) is 17.4. The first-order valence-corrected chi connectivity index (χ1v) is 8.71. The minimum absolute atomic E-state index is 0.00858. The van der Waals surface area contributed by atoms with Crippen LogP contribution in [0.4, 0.5) is 11.8 Å². The van der Waals surface area contributed by atoms with Gasteiger partial charge in [-0.15, -0.1) is 0 Å². The lowest BCUT2D eigenvalue weighted by Gasteiger charge is -2.12. The molecule has 1 aromatic heterocycles. The molecule has 0 aliphatic carbocycles. The van der Waals surface area contributed by atoms with Gasteiger partial charge in [-0.25, -0.2) is 24.9 Å². The van der Waals surface area contributed by atoms with Crippen LogP contribution in [-0.4, -0.2) is 29.5 Å². The van der Waals surface area contributed by atoms with E-state index in [1.807, 2.05) is 31.2 Å². The van der Waals surface area contributed by atoms with Gasteiger partial charge in [0.1, 0.15) is 10.3 Å². The topological polar surface area (TPSA) is 121 Å². The van der Waals surface area contributed by atoms with Crippen molar-refractivity contribution in [2.75, 3.05) is 11.5 Å². The molecule has 0 saturated carbocycles. The molecular weight excluding hydrogens is 387 g/mol. The molecular formula is C17H14Cl2N8. The van der Waals surface area contributed by atoms with Gasteiger partial charge in [-0.05, 0) is 12.5 Å². The SMILES string of the molecule is Cc1ccccc1-c1nc2c(N)ncn(Cc3c(Cl)nc(N)nc3Cl)c-2n1. The number of nitrogens with zero attached hydrogens (tertiary/aromatic N) is 6. The largest absolute Gasteiger partial charge is 0.382 e. The van der Waals surface area contributed by atoms with E-state index in [-0.39, 0.29) is 22.8 Å². The first-order valence-electron chi connectivity index (χ1n) is 7.95. The summed E-state index contributed by atoms with van der Waals surface area (Å²) >= 11 is 12.4. The number of benzene rings is 1. The van der Waals surface area contributed by atoms with Crippen LogP contribution in [0.3, 0.4) is 0 Å². The quantitative estimate of drug-likeness (QED) is 0.506. The number of hydrogen-bond acceptors (Lipinski definition) is 7. The molecule has 27 heavy (non-hydrogen) atoms. The highest BCUT2D eigenvalue weighted by molar-refractivity contribution is 6.34. The van der Waals surface area contributed by atoms with E-state index in [1.54, 1.807) is 10.9 Å². The second-order valence-electron chi connectivity index (χ2n) is 5.93. The maximum atomic E-state index is 6.18. The Kier molecular flexibility index (Phi) is 4.29. The van der Waals surface area contributed by atoms with Crippen LogP contribution in [0.1, 0.15) is 11.1 Å². The number of nitrogen functional groups attached to an aromatic ring is 2. The Balaban J connectivity index is 1.84. The van der Waals surface area contributed by atoms with E-state index < -0.39 is 0 Å². The fourth-order valence-electron chi connectivity index (χ4n) is 2.76. The lowest BCUT2D eigenvalue weighted by molar-refractivity contribution is 0.756. The van der Waals surface area contributed by atoms with Crippen LogP contribution >= 0.6 is 23.2 Å². The molecule has 0 atom stereocenters. The summed E-state index contributed by atoms with van der Waals surface area (Å²) < 4.78 is 1.74. The van der Waals surface area contributed by atoms with Crippen molar-refractivity contribution in [2.45, 2.75) is 13.5 Å². The van der Waals surface area contributed by atoms with E-state index in [0.29, 0.717) is 28.7 Å². The summed E-state index contributed by atoms with van der Waals surface area (Å²) in [5.41, 5.74) is 14.6. The van der Waals surface area contributed by atoms with Gasteiger partial charge in [-0.2, -0.15) is 0 Å². The summed E-state index contributed by atoms with van der Waals surface area (Å²) in [7, 11) is 0. The highest BCUT2D eigenvalue weighted by Gasteiger charge is 2.22. The Bertz CT molecular complexity index is 1100. The van der Waals surface area contributed by atoms with Gasteiger partial charge in [0.15, 0.2) is 23.2 Å². The molecule has 0 saturated heterocycles. The lowest BCUT2D eigenvalue weighted by atomic mass is 10.1. The van der Waals surface area contributed by atoms with Crippen LogP contribution in [0.25, 0.3) is 22.9 Å². The Hall–Kier alpha value is -2.97. The third-order valence-corrected chi connectivity index (χ3v) is 4.76. The van der Waals surface area contributed by atoms with E-state index in [9.17, 15) is 0 Å². The molecule has 2 aromatic rings. The molecule has 136 valence electrons. The molecule has 4 rings (SSSR count). The summed E-state index contributed by atoms with van der Waals surface area (Å²) in [6.07, 6.45) is 1.55. The number of aryl methyl sites for hydroxylation is 1. The number of imidazole rings is 1. The standard InChI is InChI=1S/C17H14Cl2N8/c1-8-4-2-3-5-9(8)15-23-11-14(20)22-7-27(16(11)26-15)6-10-12(18)24-17(21)25-13(10)19/h2-5,7H,6,20H2,1H3,(H2,21,24,25). The Labute approximate surface area is 164 Å². The molecule has 0 unspecified atom stereocenters. The highest BCUT2D eigenvalue weighted by Crippen LogP contribution is 2.31. The molecule has 0 bridgehead atoms. The van der Waals surface area contributed by atoms with Crippen molar-refractivity contribution in [1.29, 1.82) is 0 Å². The van der Waals surface area contributed by atoms with E-state index in [4.69, 9.17) is 34.7 Å². The molecule has 3 heterocycles. The summed E-state index contributed by atoms with van der Waals surface area (Å²) in [4.78, 5) is 21.3. The smallest absolute Gasteiger partial charge is 0.222 e. The Morgan fingerprint density at radius 1 is 1.00 bits per heavy atom. The van der Waals surface area contributed by atoms with Crippen molar-refractivity contribution >= 4 is 35.0 Å².